The van der Waals surface area contributed by atoms with Crippen molar-refractivity contribution in [1.29, 1.82) is 0 Å². The molecule has 1 aromatic carbocycles. The minimum absolute atomic E-state index is 0.0732. The van der Waals surface area contributed by atoms with Crippen molar-refractivity contribution in [2.75, 3.05) is 24.5 Å². The lowest BCUT2D eigenvalue weighted by Crippen LogP contribution is -2.41. The largest absolute Gasteiger partial charge is 0.357 e. The van der Waals surface area contributed by atoms with Gasteiger partial charge in [0.2, 0.25) is 10.0 Å². The summed E-state index contributed by atoms with van der Waals surface area (Å²) < 4.78 is 27.8. The molecule has 0 radical (unpaired) electrons. The predicted octanol–water partition coefficient (Wildman–Crippen LogP) is 3.79. The monoisotopic (exact) mass is 373 g/mol. The molecule has 0 amide bonds. The number of pyridine rings is 1. The van der Waals surface area contributed by atoms with Gasteiger partial charge in [-0.25, -0.2) is 13.4 Å². The Kier molecular flexibility index (Phi) is 4.88. The summed E-state index contributed by atoms with van der Waals surface area (Å²) in [4.78, 5) is 7.47. The van der Waals surface area contributed by atoms with Gasteiger partial charge in [-0.05, 0) is 69.4 Å². The summed E-state index contributed by atoms with van der Waals surface area (Å²) in [7, 11) is -3.44. The zero-order valence-corrected chi connectivity index (χ0v) is 16.2. The highest BCUT2D eigenvalue weighted by atomic mass is 32.2. The first kappa shape index (κ1) is 17.7. The molecule has 4 rings (SSSR count). The van der Waals surface area contributed by atoms with Crippen LogP contribution in [0.2, 0.25) is 0 Å². The van der Waals surface area contributed by atoms with E-state index in [1.54, 1.807) is 16.4 Å². The molecule has 2 aromatic rings. The molecule has 0 bridgehead atoms. The van der Waals surface area contributed by atoms with Crippen LogP contribution >= 0.6 is 0 Å². The molecule has 3 heterocycles. The first-order valence-corrected chi connectivity index (χ1v) is 11.2. The van der Waals surface area contributed by atoms with Crippen LogP contribution in [0, 0.1) is 0 Å². The van der Waals surface area contributed by atoms with Crippen LogP contribution in [0.25, 0.3) is 10.9 Å². The summed E-state index contributed by atoms with van der Waals surface area (Å²) in [5.41, 5.74) is 0.860. The summed E-state index contributed by atoms with van der Waals surface area (Å²) >= 11 is 0. The molecule has 0 saturated carbocycles. The fraction of sp³-hybridized carbons (Fsp3) is 0.550. The molecule has 6 heteroatoms. The van der Waals surface area contributed by atoms with E-state index in [1.165, 1.54) is 19.3 Å². The molecule has 0 N–H and O–H groups in total. The van der Waals surface area contributed by atoms with E-state index >= 15 is 0 Å². The average Bonchev–Trinajstić information content (AvgIpc) is 2.68. The van der Waals surface area contributed by atoms with E-state index in [4.69, 9.17) is 4.98 Å². The summed E-state index contributed by atoms with van der Waals surface area (Å²) in [5, 5.41) is 0.886. The highest BCUT2D eigenvalue weighted by molar-refractivity contribution is 7.89. The van der Waals surface area contributed by atoms with Crippen LogP contribution in [0.4, 0.5) is 5.82 Å². The second-order valence-corrected chi connectivity index (χ2v) is 9.42. The second-order valence-electron chi connectivity index (χ2n) is 7.53. The van der Waals surface area contributed by atoms with E-state index < -0.39 is 10.0 Å². The van der Waals surface area contributed by atoms with E-state index in [0.29, 0.717) is 11.4 Å². The quantitative estimate of drug-likeness (QED) is 0.821. The van der Waals surface area contributed by atoms with Gasteiger partial charge < -0.3 is 4.90 Å². The highest BCUT2D eigenvalue weighted by Crippen LogP contribution is 2.28. The van der Waals surface area contributed by atoms with Crippen molar-refractivity contribution in [1.82, 2.24) is 9.29 Å². The van der Waals surface area contributed by atoms with E-state index in [9.17, 15) is 8.42 Å². The first-order chi connectivity index (χ1) is 12.6. The molecule has 1 aromatic heterocycles. The molecule has 0 spiro atoms. The Morgan fingerprint density at radius 3 is 2.50 bits per heavy atom. The smallest absolute Gasteiger partial charge is 0.243 e. The SMILES string of the molecule is CC1CCCCN1S(=O)(=O)c1ccc2nc(N3CCCCC3)ccc2c1. The average molecular weight is 374 g/mol. The van der Waals surface area contributed by atoms with E-state index in [-0.39, 0.29) is 6.04 Å². The van der Waals surface area contributed by atoms with Gasteiger partial charge >= 0.3 is 0 Å². The molecule has 2 fully saturated rings. The molecule has 5 nitrogen and oxygen atoms in total. The number of hydrogen-bond donors (Lipinski definition) is 0. The molecule has 1 atom stereocenters. The maximum absolute atomic E-state index is 13.1. The van der Waals surface area contributed by atoms with Gasteiger partial charge in [-0.15, -0.1) is 0 Å². The van der Waals surface area contributed by atoms with Crippen LogP contribution in [-0.2, 0) is 10.0 Å². The number of fused-ring (bicyclic) bond motifs is 1. The number of nitrogens with zero attached hydrogens (tertiary/aromatic N) is 3. The third kappa shape index (κ3) is 3.32. The molecule has 1 unspecified atom stereocenters. The number of aromatic nitrogens is 1. The summed E-state index contributed by atoms with van der Waals surface area (Å²) in [6.45, 7) is 4.73. The summed E-state index contributed by atoms with van der Waals surface area (Å²) in [5.74, 6) is 0.998. The Labute approximate surface area is 156 Å². The van der Waals surface area contributed by atoms with Crippen LogP contribution in [0.3, 0.4) is 0 Å². The van der Waals surface area contributed by atoms with E-state index in [2.05, 4.69) is 4.90 Å². The molecule has 0 aliphatic carbocycles. The number of sulfonamides is 1. The molecular weight excluding hydrogens is 346 g/mol. The number of benzene rings is 1. The third-order valence-corrected chi connectivity index (χ3v) is 7.68. The first-order valence-electron chi connectivity index (χ1n) is 9.73. The van der Waals surface area contributed by atoms with Gasteiger partial charge in [0.25, 0.3) is 0 Å². The maximum Gasteiger partial charge on any atom is 0.243 e. The molecule has 2 saturated heterocycles. The lowest BCUT2D eigenvalue weighted by Gasteiger charge is -2.32. The van der Waals surface area contributed by atoms with Gasteiger partial charge in [-0.3, -0.25) is 0 Å². The summed E-state index contributed by atoms with van der Waals surface area (Å²) in [6, 6.07) is 9.44. The van der Waals surface area contributed by atoms with Crippen LogP contribution < -0.4 is 4.90 Å². The number of piperidine rings is 2. The molecule has 2 aliphatic rings. The number of anilines is 1. The fourth-order valence-electron chi connectivity index (χ4n) is 4.12. The Hall–Kier alpha value is -1.66. The molecule has 26 heavy (non-hydrogen) atoms. The normalized spacial score (nSPS) is 22.7. The molecule has 140 valence electrons. The van der Waals surface area contributed by atoms with Gasteiger partial charge in [0.1, 0.15) is 5.82 Å². The van der Waals surface area contributed by atoms with Crippen molar-refractivity contribution in [3.63, 3.8) is 0 Å². The van der Waals surface area contributed by atoms with Crippen molar-refractivity contribution in [2.24, 2.45) is 0 Å². The van der Waals surface area contributed by atoms with Crippen LogP contribution in [-0.4, -0.2) is 43.4 Å². The Morgan fingerprint density at radius 2 is 1.73 bits per heavy atom. The topological polar surface area (TPSA) is 53.5 Å². The van der Waals surface area contributed by atoms with Crippen molar-refractivity contribution >= 4 is 26.7 Å². The lowest BCUT2D eigenvalue weighted by atomic mass is 10.1. The minimum atomic E-state index is -3.44. The zero-order valence-electron chi connectivity index (χ0n) is 15.4. The Morgan fingerprint density at radius 1 is 0.962 bits per heavy atom. The predicted molar refractivity (Wildman–Crippen MR) is 105 cm³/mol. The van der Waals surface area contributed by atoms with Crippen LogP contribution in [0.5, 0.6) is 0 Å². The number of rotatable bonds is 3. The zero-order chi connectivity index (χ0) is 18.1. The highest BCUT2D eigenvalue weighted by Gasteiger charge is 2.31. The minimum Gasteiger partial charge on any atom is -0.357 e. The van der Waals surface area contributed by atoms with Gasteiger partial charge in [0.15, 0.2) is 0 Å². The third-order valence-electron chi connectivity index (χ3n) is 5.67. The molecule has 2 aliphatic heterocycles. The van der Waals surface area contributed by atoms with Gasteiger partial charge in [-0.2, -0.15) is 4.31 Å². The van der Waals surface area contributed by atoms with Crippen molar-refractivity contribution in [2.45, 2.75) is 56.4 Å². The van der Waals surface area contributed by atoms with Crippen molar-refractivity contribution in [3.05, 3.63) is 30.3 Å². The maximum atomic E-state index is 13.1. The van der Waals surface area contributed by atoms with Crippen molar-refractivity contribution < 1.29 is 8.42 Å². The van der Waals surface area contributed by atoms with Crippen LogP contribution in [0.1, 0.15) is 45.4 Å². The lowest BCUT2D eigenvalue weighted by molar-refractivity contribution is 0.268. The van der Waals surface area contributed by atoms with Gasteiger partial charge in [0, 0.05) is 31.1 Å². The summed E-state index contributed by atoms with van der Waals surface area (Å²) in [6.07, 6.45) is 6.70. The van der Waals surface area contributed by atoms with Crippen molar-refractivity contribution in [3.8, 4) is 0 Å². The fourth-order valence-corrected chi connectivity index (χ4v) is 5.85. The molecular formula is C20H27N3O2S. The Bertz CT molecular complexity index is 891. The standard InChI is InChI=1S/C20H27N3O2S/c1-16-7-3-6-14-23(16)26(24,25)18-9-10-19-17(15-18)8-11-20(21-19)22-12-4-2-5-13-22/h8-11,15-16H,2-7,12-14H2,1H3. The second kappa shape index (κ2) is 7.16. The number of hydrogen-bond acceptors (Lipinski definition) is 4. The van der Waals surface area contributed by atoms with E-state index in [0.717, 1.165) is 49.1 Å². The van der Waals surface area contributed by atoms with Gasteiger partial charge in [-0.1, -0.05) is 6.42 Å². The van der Waals surface area contributed by atoms with Gasteiger partial charge in [0.05, 0.1) is 10.4 Å². The van der Waals surface area contributed by atoms with Crippen LogP contribution in [0.15, 0.2) is 35.2 Å². The van der Waals surface area contributed by atoms with E-state index in [1.807, 2.05) is 25.1 Å². The Balaban J connectivity index is 1.65.